The third-order valence-corrected chi connectivity index (χ3v) is 4.72. The maximum absolute atomic E-state index is 5.74. The summed E-state index contributed by atoms with van der Waals surface area (Å²) in [6, 6.07) is 12.5. The second kappa shape index (κ2) is 7.35. The molecule has 0 aliphatic carbocycles. The molecule has 2 aromatic heterocycles. The van der Waals surface area contributed by atoms with Gasteiger partial charge in [0.05, 0.1) is 24.8 Å². The molecule has 3 aromatic rings. The topological polar surface area (TPSA) is 63.2 Å². The van der Waals surface area contributed by atoms with Crippen LogP contribution in [-0.4, -0.2) is 46.7 Å². The Morgan fingerprint density at radius 3 is 3.04 bits per heavy atom. The Bertz CT molecular complexity index is 914. The summed E-state index contributed by atoms with van der Waals surface area (Å²) < 4.78 is 5.74. The van der Waals surface area contributed by atoms with Crippen molar-refractivity contribution in [1.29, 1.82) is 0 Å². The SMILES string of the molecule is CNc1cc(C)nc(C2COCCN2Cc2ccc3ncccc3c2)n1. The van der Waals surface area contributed by atoms with E-state index in [0.717, 1.165) is 42.5 Å². The van der Waals surface area contributed by atoms with Gasteiger partial charge in [0.2, 0.25) is 0 Å². The van der Waals surface area contributed by atoms with E-state index in [1.54, 1.807) is 0 Å². The summed E-state index contributed by atoms with van der Waals surface area (Å²) in [4.78, 5) is 16.1. The van der Waals surface area contributed by atoms with Crippen LogP contribution in [0.2, 0.25) is 0 Å². The van der Waals surface area contributed by atoms with Gasteiger partial charge in [-0.05, 0) is 30.7 Å². The highest BCUT2D eigenvalue weighted by Crippen LogP contribution is 2.25. The molecule has 3 heterocycles. The van der Waals surface area contributed by atoms with Gasteiger partial charge in [-0.1, -0.05) is 12.1 Å². The summed E-state index contributed by atoms with van der Waals surface area (Å²) in [6.45, 7) is 5.04. The Labute approximate surface area is 153 Å². The zero-order valence-electron chi connectivity index (χ0n) is 15.1. The van der Waals surface area contributed by atoms with E-state index in [2.05, 4.69) is 49.4 Å². The summed E-state index contributed by atoms with van der Waals surface area (Å²) in [5, 5.41) is 4.28. The molecule has 1 aliphatic rings. The summed E-state index contributed by atoms with van der Waals surface area (Å²) in [7, 11) is 1.88. The highest BCUT2D eigenvalue weighted by atomic mass is 16.5. The second-order valence-electron chi connectivity index (χ2n) is 6.59. The van der Waals surface area contributed by atoms with Crippen LogP contribution in [0, 0.1) is 6.92 Å². The lowest BCUT2D eigenvalue weighted by atomic mass is 10.1. The second-order valence-corrected chi connectivity index (χ2v) is 6.59. The van der Waals surface area contributed by atoms with Crippen LogP contribution >= 0.6 is 0 Å². The van der Waals surface area contributed by atoms with Gasteiger partial charge in [-0.15, -0.1) is 0 Å². The highest BCUT2D eigenvalue weighted by molar-refractivity contribution is 5.78. The lowest BCUT2D eigenvalue weighted by Gasteiger charge is -2.34. The molecule has 6 heteroatoms. The molecule has 1 fully saturated rings. The van der Waals surface area contributed by atoms with Crippen molar-refractivity contribution in [1.82, 2.24) is 19.9 Å². The molecule has 0 amide bonds. The van der Waals surface area contributed by atoms with Crippen molar-refractivity contribution in [3.05, 3.63) is 59.7 Å². The molecular weight excluding hydrogens is 326 g/mol. The van der Waals surface area contributed by atoms with Crippen LogP contribution in [0.4, 0.5) is 5.82 Å². The first-order chi connectivity index (χ1) is 12.7. The fourth-order valence-electron chi connectivity index (χ4n) is 3.39. The molecule has 134 valence electrons. The van der Waals surface area contributed by atoms with Gasteiger partial charge in [0.15, 0.2) is 0 Å². The first-order valence-corrected chi connectivity index (χ1v) is 8.92. The summed E-state index contributed by atoms with van der Waals surface area (Å²) in [5.74, 6) is 1.66. The predicted octanol–water partition coefficient (Wildman–Crippen LogP) is 2.95. The fourth-order valence-corrected chi connectivity index (χ4v) is 3.39. The average molecular weight is 349 g/mol. The number of pyridine rings is 1. The number of rotatable bonds is 4. The molecular formula is C20H23N5O. The molecule has 0 saturated carbocycles. The van der Waals surface area contributed by atoms with E-state index in [1.165, 1.54) is 10.9 Å². The minimum Gasteiger partial charge on any atom is -0.378 e. The number of anilines is 1. The van der Waals surface area contributed by atoms with Gasteiger partial charge in [-0.2, -0.15) is 0 Å². The van der Waals surface area contributed by atoms with Crippen LogP contribution in [-0.2, 0) is 11.3 Å². The van der Waals surface area contributed by atoms with E-state index in [-0.39, 0.29) is 6.04 Å². The Hall–Kier alpha value is -2.57. The molecule has 1 unspecified atom stereocenters. The normalized spacial score (nSPS) is 18.2. The molecule has 1 N–H and O–H groups in total. The maximum Gasteiger partial charge on any atom is 0.150 e. The van der Waals surface area contributed by atoms with Gasteiger partial charge in [0, 0.05) is 43.5 Å². The monoisotopic (exact) mass is 349 g/mol. The van der Waals surface area contributed by atoms with Crippen molar-refractivity contribution >= 4 is 16.7 Å². The van der Waals surface area contributed by atoms with Crippen molar-refractivity contribution in [2.24, 2.45) is 0 Å². The molecule has 1 atom stereocenters. The number of hydrogen-bond acceptors (Lipinski definition) is 6. The number of aromatic nitrogens is 3. The van der Waals surface area contributed by atoms with Gasteiger partial charge in [0.1, 0.15) is 11.6 Å². The first-order valence-electron chi connectivity index (χ1n) is 8.92. The molecule has 0 spiro atoms. The Morgan fingerprint density at radius 2 is 2.15 bits per heavy atom. The largest absolute Gasteiger partial charge is 0.378 e. The zero-order chi connectivity index (χ0) is 17.9. The molecule has 0 radical (unpaired) electrons. The van der Waals surface area contributed by atoms with Crippen molar-refractivity contribution in [3.8, 4) is 0 Å². The van der Waals surface area contributed by atoms with E-state index in [1.807, 2.05) is 32.3 Å². The minimum atomic E-state index is 0.0559. The van der Waals surface area contributed by atoms with E-state index < -0.39 is 0 Å². The number of hydrogen-bond donors (Lipinski definition) is 1. The minimum absolute atomic E-state index is 0.0559. The van der Waals surface area contributed by atoms with Gasteiger partial charge in [0.25, 0.3) is 0 Å². The van der Waals surface area contributed by atoms with Crippen molar-refractivity contribution < 1.29 is 4.74 Å². The Kier molecular flexibility index (Phi) is 4.77. The molecule has 1 saturated heterocycles. The number of morpholine rings is 1. The number of nitrogens with one attached hydrogen (secondary N) is 1. The van der Waals surface area contributed by atoms with E-state index in [9.17, 15) is 0 Å². The lowest BCUT2D eigenvalue weighted by molar-refractivity contribution is -0.0159. The van der Waals surface area contributed by atoms with Crippen LogP contribution in [0.5, 0.6) is 0 Å². The van der Waals surface area contributed by atoms with Crippen LogP contribution in [0.3, 0.4) is 0 Å². The summed E-state index contributed by atoms with van der Waals surface area (Å²) >= 11 is 0. The Balaban J connectivity index is 1.61. The smallest absolute Gasteiger partial charge is 0.150 e. The number of fused-ring (bicyclic) bond motifs is 1. The van der Waals surface area contributed by atoms with Gasteiger partial charge >= 0.3 is 0 Å². The van der Waals surface area contributed by atoms with Crippen LogP contribution in [0.1, 0.15) is 23.1 Å². The van der Waals surface area contributed by atoms with Crippen LogP contribution in [0.15, 0.2) is 42.6 Å². The lowest BCUT2D eigenvalue weighted by Crippen LogP contribution is -2.40. The predicted molar refractivity (Wildman–Crippen MR) is 102 cm³/mol. The maximum atomic E-state index is 5.74. The number of nitrogens with zero attached hydrogens (tertiary/aromatic N) is 4. The fraction of sp³-hybridized carbons (Fsp3) is 0.350. The van der Waals surface area contributed by atoms with Crippen molar-refractivity contribution in [2.45, 2.75) is 19.5 Å². The molecule has 4 rings (SSSR count). The van der Waals surface area contributed by atoms with E-state index in [0.29, 0.717) is 6.61 Å². The van der Waals surface area contributed by atoms with Crippen molar-refractivity contribution in [3.63, 3.8) is 0 Å². The molecule has 1 aromatic carbocycles. The number of benzene rings is 1. The molecule has 0 bridgehead atoms. The third kappa shape index (κ3) is 3.52. The zero-order valence-corrected chi connectivity index (χ0v) is 15.1. The van der Waals surface area contributed by atoms with Gasteiger partial charge in [-0.3, -0.25) is 9.88 Å². The standard InChI is InChI=1S/C20H23N5O/c1-14-10-19(21-2)24-20(23-14)18-13-26-9-8-25(18)12-15-5-6-17-16(11-15)4-3-7-22-17/h3-7,10-11,18H,8-9,12-13H2,1-2H3,(H,21,23,24). The van der Waals surface area contributed by atoms with E-state index >= 15 is 0 Å². The summed E-state index contributed by atoms with van der Waals surface area (Å²) in [6.07, 6.45) is 1.83. The van der Waals surface area contributed by atoms with Crippen molar-refractivity contribution in [2.75, 3.05) is 32.1 Å². The Morgan fingerprint density at radius 1 is 1.23 bits per heavy atom. The average Bonchev–Trinajstić information content (AvgIpc) is 2.68. The van der Waals surface area contributed by atoms with Gasteiger partial charge in [-0.25, -0.2) is 9.97 Å². The van der Waals surface area contributed by atoms with Crippen LogP contribution < -0.4 is 5.32 Å². The highest BCUT2D eigenvalue weighted by Gasteiger charge is 2.27. The van der Waals surface area contributed by atoms with Crippen LogP contribution in [0.25, 0.3) is 10.9 Å². The number of ether oxygens (including phenoxy) is 1. The third-order valence-electron chi connectivity index (χ3n) is 4.72. The molecule has 1 aliphatic heterocycles. The van der Waals surface area contributed by atoms with E-state index in [4.69, 9.17) is 4.74 Å². The number of aryl methyl sites for hydroxylation is 1. The molecule has 26 heavy (non-hydrogen) atoms. The quantitative estimate of drug-likeness (QED) is 0.781. The van der Waals surface area contributed by atoms with Gasteiger partial charge < -0.3 is 10.1 Å². The molecule has 6 nitrogen and oxygen atoms in total. The summed E-state index contributed by atoms with van der Waals surface area (Å²) in [5.41, 5.74) is 3.25. The first kappa shape index (κ1) is 16.9.